The van der Waals surface area contributed by atoms with Gasteiger partial charge in [-0.3, -0.25) is 0 Å². The zero-order valence-corrected chi connectivity index (χ0v) is 19.0. The number of nitrogens with two attached hydrogens (primary N) is 1. The van der Waals surface area contributed by atoms with Crippen molar-refractivity contribution >= 4 is 16.9 Å². The molecule has 0 fully saturated rings. The molecule has 0 unspecified atom stereocenters. The Morgan fingerprint density at radius 2 is 1.03 bits per heavy atom. The Hall–Kier alpha value is -4.77. The van der Waals surface area contributed by atoms with E-state index in [0.717, 1.165) is 27.6 Å². The van der Waals surface area contributed by atoms with Crippen molar-refractivity contribution < 1.29 is 0 Å². The van der Waals surface area contributed by atoms with Crippen LogP contribution in [-0.4, -0.2) is 19.7 Å². The van der Waals surface area contributed by atoms with Gasteiger partial charge >= 0.3 is 0 Å². The zero-order chi connectivity index (χ0) is 23.7. The highest BCUT2D eigenvalue weighted by molar-refractivity contribution is 5.87. The third-order valence-electron chi connectivity index (χ3n) is 6.38. The van der Waals surface area contributed by atoms with E-state index in [9.17, 15) is 0 Å². The first kappa shape index (κ1) is 20.8. The second-order valence-electron chi connectivity index (χ2n) is 8.40. The van der Waals surface area contributed by atoms with Crippen LogP contribution >= 0.6 is 0 Å². The largest absolute Gasteiger partial charge is 0.383 e. The van der Waals surface area contributed by atoms with Crippen LogP contribution in [0.3, 0.4) is 0 Å². The molecular formula is C30H23N5. The first-order valence-corrected chi connectivity index (χ1v) is 11.5. The van der Waals surface area contributed by atoms with Gasteiger partial charge in [0.05, 0.1) is 11.6 Å². The van der Waals surface area contributed by atoms with E-state index in [1.807, 2.05) is 53.2 Å². The second-order valence-corrected chi connectivity index (χ2v) is 8.40. The summed E-state index contributed by atoms with van der Waals surface area (Å²) in [6, 6.07) is 41.1. The fourth-order valence-electron chi connectivity index (χ4n) is 4.80. The maximum atomic E-state index is 6.46. The quantitative estimate of drug-likeness (QED) is 0.329. The van der Waals surface area contributed by atoms with Gasteiger partial charge in [0.2, 0.25) is 0 Å². The van der Waals surface area contributed by atoms with Gasteiger partial charge in [-0.25, -0.2) is 14.6 Å². The topological polar surface area (TPSA) is 69.6 Å². The molecule has 0 saturated carbocycles. The van der Waals surface area contributed by atoms with Gasteiger partial charge in [0.25, 0.3) is 0 Å². The first-order valence-electron chi connectivity index (χ1n) is 11.5. The van der Waals surface area contributed by atoms with Crippen LogP contribution in [0, 0.1) is 0 Å². The molecular weight excluding hydrogens is 430 g/mol. The number of rotatable bonds is 5. The molecule has 0 amide bonds. The van der Waals surface area contributed by atoms with Crippen molar-refractivity contribution in [2.75, 3.05) is 5.73 Å². The van der Waals surface area contributed by atoms with E-state index in [-0.39, 0.29) is 0 Å². The van der Waals surface area contributed by atoms with Crippen molar-refractivity contribution in [3.8, 4) is 11.4 Å². The predicted octanol–water partition coefficient (Wildman–Crippen LogP) is 5.92. The third kappa shape index (κ3) is 3.37. The molecule has 0 aliphatic heterocycles. The Kier molecular flexibility index (Phi) is 5.08. The van der Waals surface area contributed by atoms with Gasteiger partial charge in [0.1, 0.15) is 11.4 Å². The fraction of sp³-hybridized carbons (Fsp3) is 0.0333. The first-order chi connectivity index (χ1) is 17.3. The standard InChI is InChI=1S/C30H23N5/c31-27-26-21-32-35(29(26)34-28(33-27)22-13-5-1-6-14-22)30(23-15-7-2-8-16-23,24-17-9-3-10-18-24)25-19-11-4-12-20-25/h1-21H,(H2,31,33,34). The maximum Gasteiger partial charge on any atom is 0.165 e. The lowest BCUT2D eigenvalue weighted by Crippen LogP contribution is -2.38. The lowest BCUT2D eigenvalue weighted by molar-refractivity contribution is 0.472. The molecule has 6 rings (SSSR count). The van der Waals surface area contributed by atoms with Gasteiger partial charge in [-0.2, -0.15) is 5.10 Å². The number of benzene rings is 4. The molecule has 35 heavy (non-hydrogen) atoms. The van der Waals surface area contributed by atoms with Crippen LogP contribution in [0.25, 0.3) is 22.4 Å². The average Bonchev–Trinajstić information content (AvgIpc) is 3.37. The van der Waals surface area contributed by atoms with Gasteiger partial charge in [-0.05, 0) is 16.7 Å². The Morgan fingerprint density at radius 1 is 0.571 bits per heavy atom. The van der Waals surface area contributed by atoms with Crippen LogP contribution < -0.4 is 5.73 Å². The Labute approximate surface area is 203 Å². The van der Waals surface area contributed by atoms with Gasteiger partial charge in [0, 0.05) is 5.56 Å². The SMILES string of the molecule is Nc1nc(-c2ccccc2)nc2c1cnn2C(c1ccccc1)(c1ccccc1)c1ccccc1. The van der Waals surface area contributed by atoms with Crippen molar-refractivity contribution in [2.45, 2.75) is 5.54 Å². The van der Waals surface area contributed by atoms with E-state index >= 15 is 0 Å². The van der Waals surface area contributed by atoms with Crippen LogP contribution in [0.4, 0.5) is 5.82 Å². The summed E-state index contributed by atoms with van der Waals surface area (Å²) < 4.78 is 1.99. The summed E-state index contributed by atoms with van der Waals surface area (Å²) in [5, 5.41) is 5.65. The molecule has 0 spiro atoms. The molecule has 0 saturated heterocycles. The lowest BCUT2D eigenvalue weighted by Gasteiger charge is -2.36. The minimum atomic E-state index is -0.777. The summed E-state index contributed by atoms with van der Waals surface area (Å²) in [6.45, 7) is 0. The van der Waals surface area contributed by atoms with Crippen molar-refractivity contribution in [2.24, 2.45) is 0 Å². The van der Waals surface area contributed by atoms with Gasteiger partial charge < -0.3 is 5.73 Å². The molecule has 2 N–H and O–H groups in total. The van der Waals surface area contributed by atoms with Gasteiger partial charge in [-0.15, -0.1) is 0 Å². The zero-order valence-electron chi connectivity index (χ0n) is 19.0. The molecule has 4 aromatic carbocycles. The summed E-state index contributed by atoms with van der Waals surface area (Å²) in [6.07, 6.45) is 1.77. The van der Waals surface area contributed by atoms with Crippen LogP contribution in [-0.2, 0) is 5.54 Å². The lowest BCUT2D eigenvalue weighted by atomic mass is 9.77. The van der Waals surface area contributed by atoms with E-state index in [2.05, 4.69) is 77.8 Å². The summed E-state index contributed by atoms with van der Waals surface area (Å²) in [5.41, 5.74) is 10.5. The molecule has 0 radical (unpaired) electrons. The Bertz CT molecular complexity index is 1480. The van der Waals surface area contributed by atoms with Crippen molar-refractivity contribution in [1.29, 1.82) is 0 Å². The van der Waals surface area contributed by atoms with Crippen LogP contribution in [0.2, 0.25) is 0 Å². The number of nitrogen functional groups attached to an aromatic ring is 1. The smallest absolute Gasteiger partial charge is 0.165 e. The fourth-order valence-corrected chi connectivity index (χ4v) is 4.80. The van der Waals surface area contributed by atoms with Crippen molar-refractivity contribution in [3.63, 3.8) is 0 Å². The number of hydrogen-bond acceptors (Lipinski definition) is 4. The molecule has 6 aromatic rings. The molecule has 0 aliphatic rings. The summed E-state index contributed by atoms with van der Waals surface area (Å²) in [7, 11) is 0. The van der Waals surface area contributed by atoms with Crippen molar-refractivity contribution in [1.82, 2.24) is 19.7 Å². The molecule has 5 nitrogen and oxygen atoms in total. The second kappa shape index (κ2) is 8.54. The van der Waals surface area contributed by atoms with Gasteiger partial charge in [-0.1, -0.05) is 121 Å². The number of fused-ring (bicyclic) bond motifs is 1. The monoisotopic (exact) mass is 453 g/mol. The van der Waals surface area contributed by atoms with Crippen molar-refractivity contribution in [3.05, 3.63) is 144 Å². The molecule has 0 atom stereocenters. The summed E-state index contributed by atoms with van der Waals surface area (Å²) in [4.78, 5) is 9.62. The number of aromatic nitrogens is 4. The highest BCUT2D eigenvalue weighted by Crippen LogP contribution is 2.42. The van der Waals surface area contributed by atoms with Crippen LogP contribution in [0.15, 0.2) is 128 Å². The number of anilines is 1. The number of hydrogen-bond donors (Lipinski definition) is 1. The van der Waals surface area contributed by atoms with E-state index in [0.29, 0.717) is 17.3 Å². The maximum absolute atomic E-state index is 6.46. The van der Waals surface area contributed by atoms with Crippen LogP contribution in [0.1, 0.15) is 16.7 Å². The highest BCUT2D eigenvalue weighted by atomic mass is 15.3. The minimum absolute atomic E-state index is 0.406. The average molecular weight is 454 g/mol. The normalized spacial score (nSPS) is 11.5. The predicted molar refractivity (Wildman–Crippen MR) is 140 cm³/mol. The van der Waals surface area contributed by atoms with E-state index in [4.69, 9.17) is 15.8 Å². The number of nitrogens with zero attached hydrogens (tertiary/aromatic N) is 4. The van der Waals surface area contributed by atoms with E-state index < -0.39 is 5.54 Å². The van der Waals surface area contributed by atoms with Crippen LogP contribution in [0.5, 0.6) is 0 Å². The molecule has 2 heterocycles. The molecule has 2 aromatic heterocycles. The summed E-state index contributed by atoms with van der Waals surface area (Å²) in [5.74, 6) is 0.976. The third-order valence-corrected chi connectivity index (χ3v) is 6.38. The molecule has 0 aliphatic carbocycles. The van der Waals surface area contributed by atoms with Gasteiger partial charge in [0.15, 0.2) is 11.5 Å². The Balaban J connectivity index is 1.75. The molecule has 0 bridgehead atoms. The molecule has 168 valence electrons. The van der Waals surface area contributed by atoms with E-state index in [1.54, 1.807) is 6.20 Å². The minimum Gasteiger partial charge on any atom is -0.383 e. The van der Waals surface area contributed by atoms with E-state index in [1.165, 1.54) is 0 Å². The summed E-state index contributed by atoms with van der Waals surface area (Å²) >= 11 is 0. The highest BCUT2D eigenvalue weighted by Gasteiger charge is 2.41. The Morgan fingerprint density at radius 3 is 1.51 bits per heavy atom. The molecule has 5 heteroatoms.